The van der Waals surface area contributed by atoms with Crippen LogP contribution < -0.4 is 0 Å². The molecule has 350 valence electrons. The van der Waals surface area contributed by atoms with Crippen LogP contribution in [0.3, 0.4) is 0 Å². The fourth-order valence-corrected chi connectivity index (χ4v) is 8.59. The zero-order valence-corrected chi connectivity index (χ0v) is 40.2. The highest BCUT2D eigenvalue weighted by Crippen LogP contribution is 2.34. The lowest BCUT2D eigenvalue weighted by atomic mass is 9.96. The summed E-state index contributed by atoms with van der Waals surface area (Å²) in [6, 6.07) is 0. The number of esters is 2. The Bertz CT molecular complexity index is 903. The predicted molar refractivity (Wildman–Crippen MR) is 250 cm³/mol. The van der Waals surface area contributed by atoms with E-state index in [0.29, 0.717) is 25.4 Å². The van der Waals surface area contributed by atoms with E-state index < -0.39 is 5.79 Å². The minimum Gasteiger partial charge on any atom is -0.466 e. The third-order valence-electron chi connectivity index (χ3n) is 12.6. The van der Waals surface area contributed by atoms with E-state index >= 15 is 0 Å². The molecule has 0 amide bonds. The summed E-state index contributed by atoms with van der Waals surface area (Å²) >= 11 is 0. The summed E-state index contributed by atoms with van der Waals surface area (Å²) in [5.41, 5.74) is 0. The Hall–Kier alpha value is -1.18. The Labute approximate surface area is 367 Å². The second kappa shape index (κ2) is 40.9. The summed E-state index contributed by atoms with van der Waals surface area (Å²) in [6.07, 6.45) is 43.6. The van der Waals surface area contributed by atoms with Crippen molar-refractivity contribution in [2.45, 2.75) is 277 Å². The lowest BCUT2D eigenvalue weighted by Gasteiger charge is -2.41. The second-order valence-electron chi connectivity index (χ2n) is 18.8. The van der Waals surface area contributed by atoms with Gasteiger partial charge in [-0.05, 0) is 91.3 Å². The molecule has 0 aliphatic carbocycles. The van der Waals surface area contributed by atoms with Crippen LogP contribution in [0.25, 0.3) is 0 Å². The molecule has 1 aliphatic rings. The minimum atomic E-state index is -0.499. The average Bonchev–Trinajstić information content (AvgIpc) is 3.22. The van der Waals surface area contributed by atoms with E-state index in [4.69, 9.17) is 18.9 Å². The van der Waals surface area contributed by atoms with E-state index in [-0.39, 0.29) is 18.0 Å². The molecule has 0 radical (unpaired) electrons. The smallest absolute Gasteiger partial charge is 0.306 e. The van der Waals surface area contributed by atoms with Gasteiger partial charge >= 0.3 is 11.9 Å². The molecular formula is C52H101NO6. The Morgan fingerprint density at radius 2 is 0.949 bits per heavy atom. The van der Waals surface area contributed by atoms with Gasteiger partial charge in [0.2, 0.25) is 0 Å². The van der Waals surface area contributed by atoms with Crippen LogP contribution in [-0.4, -0.2) is 69.2 Å². The molecule has 1 fully saturated rings. The summed E-state index contributed by atoms with van der Waals surface area (Å²) in [5, 5.41) is 0. The van der Waals surface area contributed by atoms with Gasteiger partial charge in [0.15, 0.2) is 5.79 Å². The fourth-order valence-electron chi connectivity index (χ4n) is 8.59. The zero-order valence-electron chi connectivity index (χ0n) is 40.2. The summed E-state index contributed by atoms with van der Waals surface area (Å²) < 4.78 is 24.9. The molecule has 7 nitrogen and oxygen atoms in total. The molecule has 7 heteroatoms. The van der Waals surface area contributed by atoms with Crippen molar-refractivity contribution < 1.29 is 28.5 Å². The largest absolute Gasteiger partial charge is 0.466 e. The van der Waals surface area contributed by atoms with E-state index in [1.165, 1.54) is 135 Å². The van der Waals surface area contributed by atoms with Crippen molar-refractivity contribution in [3.05, 3.63) is 0 Å². The molecule has 59 heavy (non-hydrogen) atoms. The molecule has 0 aromatic rings. The van der Waals surface area contributed by atoms with Gasteiger partial charge in [-0.2, -0.15) is 0 Å². The third-order valence-corrected chi connectivity index (χ3v) is 12.6. The topological polar surface area (TPSA) is 74.3 Å². The molecule has 0 N–H and O–H groups in total. The molecule has 0 aromatic carbocycles. The fraction of sp³-hybridized carbons (Fsp3) is 0.962. The first-order chi connectivity index (χ1) is 28.8. The number of unbranched alkanes of at least 4 members (excludes halogenated alkanes) is 25. The van der Waals surface area contributed by atoms with E-state index in [1.54, 1.807) is 0 Å². The van der Waals surface area contributed by atoms with Crippen molar-refractivity contribution in [2.75, 3.05) is 40.5 Å². The van der Waals surface area contributed by atoms with Gasteiger partial charge in [0.1, 0.15) is 6.10 Å². The van der Waals surface area contributed by atoms with Gasteiger partial charge in [-0.25, -0.2) is 0 Å². The van der Waals surface area contributed by atoms with Gasteiger partial charge < -0.3 is 23.8 Å². The standard InChI is InChI=1S/C52H101NO6/c1-6-9-12-15-18-19-20-26-36-45-56-50(54)40-31-27-34-43-52(57-46-48(47-58-52)37-32-35-44-53(4)5)42-33-25-21-24-30-41-51(55)59-49(38-28-22-16-13-10-7-2)39-29-23-17-14-11-8-3/h48-49H,6-47H2,1-5H3. The normalized spacial score (nSPS) is 17.0. The average molecular weight is 836 g/mol. The molecule has 0 bridgehead atoms. The summed E-state index contributed by atoms with van der Waals surface area (Å²) in [6.45, 7) is 10.1. The molecule has 1 heterocycles. The molecular weight excluding hydrogens is 735 g/mol. The molecule has 1 saturated heterocycles. The number of rotatable bonds is 44. The van der Waals surface area contributed by atoms with Crippen molar-refractivity contribution in [3.63, 3.8) is 0 Å². The monoisotopic (exact) mass is 836 g/mol. The molecule has 1 rings (SSSR count). The highest BCUT2D eigenvalue weighted by Gasteiger charge is 2.36. The van der Waals surface area contributed by atoms with Crippen molar-refractivity contribution in [2.24, 2.45) is 5.92 Å². The number of carbonyl (C=O) groups excluding carboxylic acids is 2. The maximum atomic E-state index is 12.9. The first kappa shape index (κ1) is 55.8. The van der Waals surface area contributed by atoms with Crippen LogP contribution in [0.2, 0.25) is 0 Å². The van der Waals surface area contributed by atoms with E-state index in [0.717, 1.165) is 116 Å². The number of nitrogens with zero attached hydrogens (tertiary/aromatic N) is 1. The molecule has 0 spiro atoms. The minimum absolute atomic E-state index is 0.0123. The highest BCUT2D eigenvalue weighted by molar-refractivity contribution is 5.69. The quantitative estimate of drug-likeness (QED) is 0.0447. The lowest BCUT2D eigenvalue weighted by molar-refractivity contribution is -0.290. The first-order valence-electron chi connectivity index (χ1n) is 26.1. The van der Waals surface area contributed by atoms with Crippen molar-refractivity contribution in [1.29, 1.82) is 0 Å². The van der Waals surface area contributed by atoms with Gasteiger partial charge in [-0.1, -0.05) is 168 Å². The summed E-state index contributed by atoms with van der Waals surface area (Å²) in [4.78, 5) is 27.5. The highest BCUT2D eigenvalue weighted by atomic mass is 16.7. The van der Waals surface area contributed by atoms with Gasteiger partial charge in [-0.15, -0.1) is 0 Å². The van der Waals surface area contributed by atoms with Crippen LogP contribution in [0, 0.1) is 5.92 Å². The molecule has 0 atom stereocenters. The Balaban J connectivity index is 2.40. The summed E-state index contributed by atoms with van der Waals surface area (Å²) in [5.74, 6) is -0.0578. The Morgan fingerprint density at radius 3 is 1.46 bits per heavy atom. The van der Waals surface area contributed by atoms with Crippen LogP contribution in [0.1, 0.15) is 265 Å². The summed E-state index contributed by atoms with van der Waals surface area (Å²) in [7, 11) is 4.28. The lowest BCUT2D eigenvalue weighted by Crippen LogP contribution is -2.44. The van der Waals surface area contributed by atoms with Gasteiger partial charge in [0.05, 0.1) is 19.8 Å². The number of carbonyl (C=O) groups is 2. The number of hydrogen-bond acceptors (Lipinski definition) is 7. The molecule has 0 saturated carbocycles. The maximum Gasteiger partial charge on any atom is 0.306 e. The van der Waals surface area contributed by atoms with Crippen molar-refractivity contribution >= 4 is 11.9 Å². The third kappa shape index (κ3) is 35.0. The molecule has 0 unspecified atom stereocenters. The van der Waals surface area contributed by atoms with Gasteiger partial charge in [-0.3, -0.25) is 9.59 Å². The molecule has 1 aliphatic heterocycles. The van der Waals surface area contributed by atoms with Crippen LogP contribution in [0.15, 0.2) is 0 Å². The van der Waals surface area contributed by atoms with Crippen molar-refractivity contribution in [3.8, 4) is 0 Å². The van der Waals surface area contributed by atoms with Gasteiger partial charge in [0.25, 0.3) is 0 Å². The predicted octanol–water partition coefficient (Wildman–Crippen LogP) is 15.2. The van der Waals surface area contributed by atoms with Crippen LogP contribution >= 0.6 is 0 Å². The van der Waals surface area contributed by atoms with Gasteiger partial charge in [0, 0.05) is 31.6 Å². The molecule has 0 aromatic heterocycles. The van der Waals surface area contributed by atoms with E-state index in [2.05, 4.69) is 39.8 Å². The SMILES string of the molecule is CCCCCCCCCCCOC(=O)CCCCCC1(CCCCCCCC(=O)OC(CCCCCCCC)CCCCCCCC)OCC(CCCCN(C)C)CO1. The number of ether oxygens (including phenoxy) is 4. The van der Waals surface area contributed by atoms with Crippen LogP contribution in [-0.2, 0) is 28.5 Å². The zero-order chi connectivity index (χ0) is 42.9. The van der Waals surface area contributed by atoms with E-state index in [1.807, 2.05) is 0 Å². The Morgan fingerprint density at radius 1 is 0.525 bits per heavy atom. The Kier molecular flexibility index (Phi) is 38.7. The van der Waals surface area contributed by atoms with Crippen LogP contribution in [0.5, 0.6) is 0 Å². The van der Waals surface area contributed by atoms with E-state index in [9.17, 15) is 9.59 Å². The van der Waals surface area contributed by atoms with Crippen molar-refractivity contribution in [1.82, 2.24) is 4.90 Å². The number of hydrogen-bond donors (Lipinski definition) is 0. The second-order valence-corrected chi connectivity index (χ2v) is 18.8. The maximum absolute atomic E-state index is 12.9. The van der Waals surface area contributed by atoms with Crippen LogP contribution in [0.4, 0.5) is 0 Å². The first-order valence-corrected chi connectivity index (χ1v) is 26.1.